The lowest BCUT2D eigenvalue weighted by atomic mass is 10.1. The number of ether oxygens (including phenoxy) is 1. The number of halogens is 2. The Bertz CT molecular complexity index is 497. The fourth-order valence-electron chi connectivity index (χ4n) is 1.55. The van der Waals surface area contributed by atoms with Crippen molar-refractivity contribution in [2.75, 3.05) is 0 Å². The number of carbonyl (C=O) groups excluding carboxylic acids is 1. The predicted octanol–water partition coefficient (Wildman–Crippen LogP) is 2.70. The van der Waals surface area contributed by atoms with Crippen molar-refractivity contribution in [3.63, 3.8) is 0 Å². The molecule has 1 aromatic rings. The van der Waals surface area contributed by atoms with Crippen molar-refractivity contribution in [1.29, 1.82) is 0 Å². The minimum absolute atomic E-state index is 0.270. The topological polar surface area (TPSA) is 38.7 Å². The van der Waals surface area contributed by atoms with Crippen molar-refractivity contribution in [3.8, 4) is 5.75 Å². The molecule has 0 aliphatic carbocycles. The second-order valence-corrected chi connectivity index (χ2v) is 4.78. The molecule has 1 aromatic carbocycles. The molecule has 2 rings (SSSR count). The first-order valence-electron chi connectivity index (χ1n) is 4.66. The smallest absolute Gasteiger partial charge is 0.195 e. The Morgan fingerprint density at radius 1 is 1.50 bits per heavy atom. The zero-order valence-electron chi connectivity index (χ0n) is 8.75. The average molecular weight is 286 g/mol. The van der Waals surface area contributed by atoms with Crippen molar-refractivity contribution in [3.05, 3.63) is 28.0 Å². The second-order valence-electron chi connectivity index (χ2n) is 3.93. The van der Waals surface area contributed by atoms with E-state index < -0.39 is 11.5 Å². The molecule has 0 amide bonds. The summed E-state index contributed by atoms with van der Waals surface area (Å²) in [5, 5.41) is 0. The van der Waals surface area contributed by atoms with Gasteiger partial charge in [0, 0.05) is 11.6 Å². The summed E-state index contributed by atoms with van der Waals surface area (Å²) < 4.78 is 19.1. The first-order valence-corrected chi connectivity index (χ1v) is 5.46. The van der Waals surface area contributed by atoms with Crippen LogP contribution in [-0.4, -0.2) is 17.7 Å². The largest absolute Gasteiger partial charge is 0.466 e. The van der Waals surface area contributed by atoms with E-state index in [9.17, 15) is 9.18 Å². The number of benzene rings is 1. The highest BCUT2D eigenvalue weighted by atomic mass is 79.9. The van der Waals surface area contributed by atoms with Gasteiger partial charge in [-0.05, 0) is 35.8 Å². The van der Waals surface area contributed by atoms with Crippen LogP contribution in [0.4, 0.5) is 4.39 Å². The Morgan fingerprint density at radius 3 is 2.81 bits per heavy atom. The molecular formula is C11H9BrFNO2. The van der Waals surface area contributed by atoms with Crippen molar-refractivity contribution >= 4 is 27.9 Å². The molecule has 1 aliphatic heterocycles. The van der Waals surface area contributed by atoms with Gasteiger partial charge in [-0.2, -0.15) is 0 Å². The van der Waals surface area contributed by atoms with Crippen molar-refractivity contribution in [2.24, 2.45) is 4.99 Å². The number of nitrogens with zero attached hydrogens (tertiary/aromatic N) is 1. The van der Waals surface area contributed by atoms with Gasteiger partial charge < -0.3 is 4.74 Å². The third-order valence-corrected chi connectivity index (χ3v) is 2.77. The van der Waals surface area contributed by atoms with Gasteiger partial charge in [0.15, 0.2) is 12.0 Å². The fourth-order valence-corrected chi connectivity index (χ4v) is 1.89. The lowest BCUT2D eigenvalue weighted by molar-refractivity contribution is -0.102. The molecule has 0 radical (unpaired) electrons. The molecule has 1 heterocycles. The van der Waals surface area contributed by atoms with E-state index in [2.05, 4.69) is 20.9 Å². The minimum atomic E-state index is -0.844. The van der Waals surface area contributed by atoms with Gasteiger partial charge in [-0.1, -0.05) is 0 Å². The van der Waals surface area contributed by atoms with E-state index in [-0.39, 0.29) is 10.2 Å². The standard InChI is InChI=1S/C11H9BrFNO2/c1-11(2)14-9(5-15)6-3-7(12)8(13)4-10(6)16-11/h3-5H,1-2H3. The molecule has 5 heteroatoms. The van der Waals surface area contributed by atoms with Gasteiger partial charge in [-0.3, -0.25) is 4.79 Å². The van der Waals surface area contributed by atoms with Crippen LogP contribution in [0.5, 0.6) is 5.75 Å². The number of rotatable bonds is 1. The number of aliphatic imine (C=N–C) groups is 1. The summed E-state index contributed by atoms with van der Waals surface area (Å²) in [6.45, 7) is 3.42. The lowest BCUT2D eigenvalue weighted by Gasteiger charge is -2.28. The molecule has 0 atom stereocenters. The highest BCUT2D eigenvalue weighted by Gasteiger charge is 2.28. The molecule has 0 unspecified atom stereocenters. The highest BCUT2D eigenvalue weighted by Crippen LogP contribution is 2.33. The van der Waals surface area contributed by atoms with Gasteiger partial charge in [0.1, 0.15) is 17.3 Å². The van der Waals surface area contributed by atoms with Crippen LogP contribution in [0.2, 0.25) is 0 Å². The van der Waals surface area contributed by atoms with Gasteiger partial charge >= 0.3 is 0 Å². The summed E-state index contributed by atoms with van der Waals surface area (Å²) in [4.78, 5) is 15.0. The predicted molar refractivity (Wildman–Crippen MR) is 61.4 cm³/mol. The Hall–Kier alpha value is -1.23. The molecule has 0 saturated carbocycles. The summed E-state index contributed by atoms with van der Waals surface area (Å²) in [6, 6.07) is 2.74. The Labute approximate surface area is 100 Å². The molecule has 3 nitrogen and oxygen atoms in total. The number of aldehydes is 1. The van der Waals surface area contributed by atoms with E-state index in [0.29, 0.717) is 17.6 Å². The van der Waals surface area contributed by atoms with Gasteiger partial charge in [-0.25, -0.2) is 9.38 Å². The van der Waals surface area contributed by atoms with Gasteiger partial charge in [0.2, 0.25) is 0 Å². The Balaban J connectivity index is 2.65. The van der Waals surface area contributed by atoms with Crippen LogP contribution in [0.15, 0.2) is 21.6 Å². The monoisotopic (exact) mass is 285 g/mol. The summed E-state index contributed by atoms with van der Waals surface area (Å²) in [5.41, 5.74) is -0.0710. The van der Waals surface area contributed by atoms with Gasteiger partial charge in [-0.15, -0.1) is 0 Å². The maximum Gasteiger partial charge on any atom is 0.195 e. The van der Waals surface area contributed by atoms with E-state index in [1.165, 1.54) is 12.1 Å². The quantitative estimate of drug-likeness (QED) is 0.744. The van der Waals surface area contributed by atoms with Gasteiger partial charge in [0.25, 0.3) is 0 Å². The van der Waals surface area contributed by atoms with E-state index in [4.69, 9.17) is 4.74 Å². The van der Waals surface area contributed by atoms with E-state index in [0.717, 1.165) is 0 Å². The van der Waals surface area contributed by atoms with Crippen LogP contribution in [-0.2, 0) is 4.79 Å². The number of fused-ring (bicyclic) bond motifs is 1. The van der Waals surface area contributed by atoms with E-state index in [1.807, 2.05) is 0 Å². The maximum absolute atomic E-state index is 13.3. The highest BCUT2D eigenvalue weighted by molar-refractivity contribution is 9.10. The zero-order valence-corrected chi connectivity index (χ0v) is 10.3. The molecule has 0 spiro atoms. The van der Waals surface area contributed by atoms with E-state index >= 15 is 0 Å². The maximum atomic E-state index is 13.3. The average Bonchev–Trinajstić information content (AvgIpc) is 2.18. The Kier molecular flexibility index (Phi) is 2.58. The summed E-state index contributed by atoms with van der Waals surface area (Å²) in [5.74, 6) is -0.0931. The van der Waals surface area contributed by atoms with Crippen LogP contribution in [0, 0.1) is 5.82 Å². The van der Waals surface area contributed by atoms with Crippen molar-refractivity contribution < 1.29 is 13.9 Å². The lowest BCUT2D eigenvalue weighted by Crippen LogP contribution is -2.32. The first-order chi connectivity index (χ1) is 7.43. The molecule has 0 fully saturated rings. The SMILES string of the molecule is CC1(C)N=C(C=O)c2cc(Br)c(F)cc2O1. The van der Waals surface area contributed by atoms with Crippen LogP contribution in [0.1, 0.15) is 19.4 Å². The molecular weight excluding hydrogens is 277 g/mol. The summed E-state index contributed by atoms with van der Waals surface area (Å²) >= 11 is 3.06. The second kappa shape index (κ2) is 3.66. The van der Waals surface area contributed by atoms with Crippen LogP contribution in [0.25, 0.3) is 0 Å². The molecule has 0 saturated heterocycles. The van der Waals surface area contributed by atoms with Crippen molar-refractivity contribution in [1.82, 2.24) is 0 Å². The molecule has 0 bridgehead atoms. The summed E-state index contributed by atoms with van der Waals surface area (Å²) in [6.07, 6.45) is 0.646. The first kappa shape index (κ1) is 11.3. The normalized spacial score (nSPS) is 17.1. The van der Waals surface area contributed by atoms with E-state index in [1.54, 1.807) is 13.8 Å². The molecule has 16 heavy (non-hydrogen) atoms. The summed E-state index contributed by atoms with van der Waals surface area (Å²) in [7, 11) is 0. The fraction of sp³-hybridized carbons (Fsp3) is 0.273. The Morgan fingerprint density at radius 2 is 2.19 bits per heavy atom. The minimum Gasteiger partial charge on any atom is -0.466 e. The van der Waals surface area contributed by atoms with Gasteiger partial charge in [0.05, 0.1) is 4.47 Å². The number of hydrogen-bond acceptors (Lipinski definition) is 3. The van der Waals surface area contributed by atoms with Crippen LogP contribution >= 0.6 is 15.9 Å². The zero-order chi connectivity index (χ0) is 11.9. The third-order valence-electron chi connectivity index (χ3n) is 2.16. The molecule has 1 aliphatic rings. The van der Waals surface area contributed by atoms with Crippen LogP contribution in [0.3, 0.4) is 0 Å². The van der Waals surface area contributed by atoms with Crippen molar-refractivity contribution in [2.45, 2.75) is 19.6 Å². The molecule has 0 N–H and O–H groups in total. The third kappa shape index (κ3) is 1.87. The number of carbonyl (C=O) groups is 1. The van der Waals surface area contributed by atoms with Crippen LogP contribution < -0.4 is 4.74 Å². The number of hydrogen-bond donors (Lipinski definition) is 0. The molecule has 84 valence electrons. The molecule has 0 aromatic heterocycles.